The van der Waals surface area contributed by atoms with Gasteiger partial charge in [-0.25, -0.2) is 19.3 Å². The number of aromatic nitrogens is 5. The monoisotopic (exact) mass is 523 g/mol. The van der Waals surface area contributed by atoms with E-state index in [1.165, 1.54) is 23.5 Å². The number of thiazole rings is 1. The van der Waals surface area contributed by atoms with Crippen LogP contribution >= 0.6 is 22.9 Å². The zero-order chi connectivity index (χ0) is 25.1. The first-order chi connectivity index (χ1) is 17.5. The lowest BCUT2D eigenvalue weighted by molar-refractivity contribution is 0.183. The molecule has 3 N–H and O–H groups in total. The summed E-state index contributed by atoms with van der Waals surface area (Å²) in [5.41, 5.74) is 12.1. The van der Waals surface area contributed by atoms with E-state index in [1.807, 2.05) is 29.1 Å². The minimum atomic E-state index is -0.331. The molecular formula is C25H23ClFN7OS. The summed E-state index contributed by atoms with van der Waals surface area (Å²) in [7, 11) is 1.66. The van der Waals surface area contributed by atoms with Crippen LogP contribution in [0, 0.1) is 5.82 Å². The van der Waals surface area contributed by atoms with Crippen molar-refractivity contribution in [2.45, 2.75) is 13.0 Å². The lowest BCUT2D eigenvalue weighted by Gasteiger charge is -2.14. The molecule has 0 radical (unpaired) electrons. The number of hydrogen-bond donors (Lipinski definition) is 2. The Bertz CT molecular complexity index is 1500. The van der Waals surface area contributed by atoms with Crippen LogP contribution in [0.5, 0.6) is 0 Å². The van der Waals surface area contributed by atoms with Crippen LogP contribution in [0.4, 0.5) is 16.0 Å². The summed E-state index contributed by atoms with van der Waals surface area (Å²) in [5.74, 6) is 0.737. The fraction of sp³-hybridized carbons (Fsp3) is 0.200. The Kier molecular flexibility index (Phi) is 7.08. The number of halogens is 2. The summed E-state index contributed by atoms with van der Waals surface area (Å²) in [6.45, 7) is 1.83. The summed E-state index contributed by atoms with van der Waals surface area (Å²) < 4.78 is 21.4. The highest BCUT2D eigenvalue weighted by Gasteiger charge is 2.18. The second kappa shape index (κ2) is 10.6. The molecule has 0 bridgehead atoms. The number of ether oxygens (including phenoxy) is 1. The maximum atomic E-state index is 13.6. The molecule has 0 aliphatic rings. The highest BCUT2D eigenvalue weighted by atomic mass is 35.5. The second-order valence-electron chi connectivity index (χ2n) is 8.05. The Morgan fingerprint density at radius 3 is 2.72 bits per heavy atom. The maximum Gasteiger partial charge on any atom is 0.147 e. The van der Waals surface area contributed by atoms with Crippen LogP contribution in [-0.4, -0.2) is 45.0 Å². The normalized spacial score (nSPS) is 11.3. The maximum absolute atomic E-state index is 13.6. The molecule has 0 aliphatic carbocycles. The van der Waals surface area contributed by atoms with E-state index < -0.39 is 0 Å². The van der Waals surface area contributed by atoms with Crippen LogP contribution in [0.1, 0.15) is 5.69 Å². The molecule has 3 heterocycles. The van der Waals surface area contributed by atoms with Gasteiger partial charge in [0.1, 0.15) is 17.5 Å². The van der Waals surface area contributed by atoms with Crippen molar-refractivity contribution in [2.24, 2.45) is 0 Å². The van der Waals surface area contributed by atoms with Crippen molar-refractivity contribution in [3.8, 4) is 22.5 Å². The summed E-state index contributed by atoms with van der Waals surface area (Å²) >= 11 is 8.02. The van der Waals surface area contributed by atoms with E-state index in [9.17, 15) is 4.39 Å². The van der Waals surface area contributed by atoms with Gasteiger partial charge in [-0.3, -0.25) is 4.68 Å². The number of nitrogens with two attached hydrogens (primary N) is 1. The largest absolute Gasteiger partial charge is 0.383 e. The predicted octanol–water partition coefficient (Wildman–Crippen LogP) is 5.29. The summed E-state index contributed by atoms with van der Waals surface area (Å²) in [4.78, 5) is 13.9. The van der Waals surface area contributed by atoms with Crippen LogP contribution in [-0.2, 0) is 17.7 Å². The molecular weight excluding hydrogens is 501 g/mol. The van der Waals surface area contributed by atoms with Crippen molar-refractivity contribution in [2.75, 3.05) is 31.3 Å². The smallest absolute Gasteiger partial charge is 0.147 e. The number of benzene rings is 2. The molecule has 0 fully saturated rings. The van der Waals surface area contributed by atoms with Gasteiger partial charge in [0.05, 0.1) is 51.0 Å². The quantitative estimate of drug-likeness (QED) is 0.270. The van der Waals surface area contributed by atoms with Crippen molar-refractivity contribution in [3.05, 3.63) is 70.7 Å². The standard InChI is InChI=1S/C25H23ClFN7OS/c1-35-11-10-34-9-7-21(33-34)29-8-6-19-25(28)32-22(15-2-4-17(27)5-3-15)23(31-19)16-12-18(26)24-20(13-16)36-14-30-24/h2-5,7,9,12-14H,6,8,10-11H2,1H3,(H2,28,32)(H,29,33). The van der Waals surface area contributed by atoms with E-state index in [0.29, 0.717) is 59.6 Å². The molecule has 3 aromatic heterocycles. The van der Waals surface area contributed by atoms with Crippen LogP contribution < -0.4 is 11.1 Å². The highest BCUT2D eigenvalue weighted by molar-refractivity contribution is 7.16. The third-order valence-corrected chi connectivity index (χ3v) is 6.68. The van der Waals surface area contributed by atoms with Crippen molar-refractivity contribution in [3.63, 3.8) is 0 Å². The van der Waals surface area contributed by atoms with Crippen LogP contribution in [0.15, 0.2) is 54.2 Å². The molecule has 0 saturated heterocycles. The average Bonchev–Trinajstić information content (AvgIpc) is 3.54. The molecule has 8 nitrogen and oxygen atoms in total. The Balaban J connectivity index is 1.46. The molecule has 0 saturated carbocycles. The van der Waals surface area contributed by atoms with Crippen LogP contribution in [0.3, 0.4) is 0 Å². The number of nitrogens with one attached hydrogen (secondary N) is 1. The molecule has 5 rings (SSSR count). The van der Waals surface area contributed by atoms with Gasteiger partial charge in [0.25, 0.3) is 0 Å². The number of fused-ring (bicyclic) bond motifs is 1. The average molecular weight is 524 g/mol. The van der Waals surface area contributed by atoms with Gasteiger partial charge in [-0.15, -0.1) is 11.3 Å². The van der Waals surface area contributed by atoms with Gasteiger partial charge in [-0.05, 0) is 36.4 Å². The van der Waals surface area contributed by atoms with Crippen molar-refractivity contribution >= 4 is 44.8 Å². The zero-order valence-corrected chi connectivity index (χ0v) is 21.0. The number of anilines is 2. The van der Waals surface area contributed by atoms with Gasteiger partial charge in [0.15, 0.2) is 0 Å². The number of rotatable bonds is 9. The minimum absolute atomic E-state index is 0.315. The van der Waals surface area contributed by atoms with Gasteiger partial charge in [0.2, 0.25) is 0 Å². The van der Waals surface area contributed by atoms with E-state index in [4.69, 9.17) is 27.1 Å². The molecule has 0 atom stereocenters. The molecule has 0 spiro atoms. The van der Waals surface area contributed by atoms with E-state index in [2.05, 4.69) is 20.4 Å². The van der Waals surface area contributed by atoms with Gasteiger partial charge >= 0.3 is 0 Å². The SMILES string of the molecule is COCCn1ccc(NCCc2nc(-c3cc(Cl)c4ncsc4c3)c(-c3ccc(F)cc3)nc2N)n1. The first-order valence-corrected chi connectivity index (χ1v) is 12.5. The molecule has 11 heteroatoms. The van der Waals surface area contributed by atoms with Gasteiger partial charge in [-0.2, -0.15) is 5.10 Å². The van der Waals surface area contributed by atoms with E-state index in [0.717, 1.165) is 21.6 Å². The fourth-order valence-electron chi connectivity index (χ4n) is 3.81. The van der Waals surface area contributed by atoms with Crippen molar-refractivity contribution < 1.29 is 9.13 Å². The predicted molar refractivity (Wildman–Crippen MR) is 142 cm³/mol. The summed E-state index contributed by atoms with van der Waals surface area (Å²) in [6.07, 6.45) is 2.42. The lowest BCUT2D eigenvalue weighted by atomic mass is 10.0. The molecule has 0 aliphatic heterocycles. The van der Waals surface area contributed by atoms with Gasteiger partial charge < -0.3 is 15.8 Å². The summed E-state index contributed by atoms with van der Waals surface area (Å²) in [6, 6.07) is 11.8. The third-order valence-electron chi connectivity index (χ3n) is 5.61. The zero-order valence-electron chi connectivity index (χ0n) is 19.4. The lowest BCUT2D eigenvalue weighted by Crippen LogP contribution is -2.12. The molecule has 36 heavy (non-hydrogen) atoms. The fourth-order valence-corrected chi connectivity index (χ4v) is 4.88. The van der Waals surface area contributed by atoms with E-state index in [1.54, 1.807) is 24.8 Å². The van der Waals surface area contributed by atoms with E-state index in [-0.39, 0.29) is 5.82 Å². The molecule has 5 aromatic rings. The molecule has 2 aromatic carbocycles. The van der Waals surface area contributed by atoms with Crippen LogP contribution in [0.25, 0.3) is 32.7 Å². The third kappa shape index (κ3) is 5.15. The first-order valence-electron chi connectivity index (χ1n) is 11.2. The van der Waals surface area contributed by atoms with Gasteiger partial charge in [0, 0.05) is 43.5 Å². The number of nitrogens with zero attached hydrogens (tertiary/aromatic N) is 5. The number of methoxy groups -OCH3 is 1. The highest BCUT2D eigenvalue weighted by Crippen LogP contribution is 2.36. The number of hydrogen-bond acceptors (Lipinski definition) is 8. The number of nitrogen functional groups attached to an aromatic ring is 1. The van der Waals surface area contributed by atoms with Crippen molar-refractivity contribution in [1.29, 1.82) is 0 Å². The second-order valence-corrected chi connectivity index (χ2v) is 9.34. The molecule has 0 unspecified atom stereocenters. The Morgan fingerprint density at radius 2 is 1.92 bits per heavy atom. The molecule has 184 valence electrons. The van der Waals surface area contributed by atoms with E-state index >= 15 is 0 Å². The Morgan fingerprint density at radius 1 is 1.11 bits per heavy atom. The van der Waals surface area contributed by atoms with Crippen molar-refractivity contribution in [1.82, 2.24) is 24.7 Å². The minimum Gasteiger partial charge on any atom is -0.383 e. The Hall–Kier alpha value is -3.60. The first kappa shape index (κ1) is 24.1. The van der Waals surface area contributed by atoms with Crippen LogP contribution in [0.2, 0.25) is 5.02 Å². The topological polar surface area (TPSA) is 104 Å². The van der Waals surface area contributed by atoms with Gasteiger partial charge in [-0.1, -0.05) is 11.6 Å². The summed E-state index contributed by atoms with van der Waals surface area (Å²) in [5, 5.41) is 8.29. The molecule has 0 amide bonds. The Labute approximate surface area is 215 Å².